The van der Waals surface area contributed by atoms with Gasteiger partial charge in [-0.15, -0.1) is 11.3 Å². The molecule has 2 rings (SSSR count). The van der Waals surface area contributed by atoms with Crippen LogP contribution in [0.5, 0.6) is 5.75 Å². The molecule has 0 unspecified atom stereocenters. The summed E-state index contributed by atoms with van der Waals surface area (Å²) in [6, 6.07) is 7.83. The molecule has 0 aliphatic heterocycles. The molecule has 0 N–H and O–H groups in total. The summed E-state index contributed by atoms with van der Waals surface area (Å²) < 4.78 is 5.29. The van der Waals surface area contributed by atoms with E-state index in [2.05, 4.69) is 0 Å². The van der Waals surface area contributed by atoms with E-state index in [4.69, 9.17) is 4.74 Å². The van der Waals surface area contributed by atoms with E-state index in [1.165, 1.54) is 12.1 Å². The summed E-state index contributed by atoms with van der Waals surface area (Å²) in [4.78, 5) is 24.3. The second-order valence-corrected chi connectivity index (χ2v) is 5.72. The van der Waals surface area contributed by atoms with Gasteiger partial charge in [-0.1, -0.05) is 12.1 Å². The largest absolute Gasteiger partial charge is 0.478 e. The lowest BCUT2D eigenvalue weighted by atomic mass is 10.2. The smallest absolute Gasteiger partial charge is 0.310 e. The van der Waals surface area contributed by atoms with E-state index in [9.17, 15) is 14.9 Å². The van der Waals surface area contributed by atoms with Gasteiger partial charge >= 0.3 is 5.69 Å². The predicted molar refractivity (Wildman–Crippen MR) is 76.7 cm³/mol. The number of Topliss-reactive ketones (excluding diaryl/α,β-unsaturated/α-hetero) is 1. The van der Waals surface area contributed by atoms with Gasteiger partial charge in [-0.2, -0.15) is 0 Å². The van der Waals surface area contributed by atoms with E-state index in [1.807, 2.05) is 19.9 Å². The number of hydrogen-bond acceptors (Lipinski definition) is 5. The Labute approximate surface area is 120 Å². The number of benzene rings is 1. The minimum atomic E-state index is -0.528. The van der Waals surface area contributed by atoms with Crippen LogP contribution in [0.1, 0.15) is 20.1 Å². The molecule has 0 aliphatic rings. The number of carbonyl (C=O) groups excluding carboxylic acids is 1. The summed E-state index contributed by atoms with van der Waals surface area (Å²) in [5.74, 6) is -0.0690. The number of para-hydroxylation sites is 2. The number of rotatable bonds is 5. The summed E-state index contributed by atoms with van der Waals surface area (Å²) in [6.07, 6.45) is 0. The SMILES string of the molecule is Cc1cc(C(=O)COc2ccccc2[N+](=O)[O-])c(C)s1. The van der Waals surface area contributed by atoms with E-state index >= 15 is 0 Å². The molecular formula is C14H13NO4S. The van der Waals surface area contributed by atoms with Crippen molar-refractivity contribution in [2.45, 2.75) is 13.8 Å². The van der Waals surface area contributed by atoms with Crippen molar-refractivity contribution >= 4 is 22.8 Å². The number of nitrogens with zero attached hydrogens (tertiary/aromatic N) is 1. The molecule has 1 aromatic carbocycles. The molecule has 0 radical (unpaired) electrons. The van der Waals surface area contributed by atoms with Crippen LogP contribution < -0.4 is 4.74 Å². The van der Waals surface area contributed by atoms with Crippen LogP contribution in [-0.4, -0.2) is 17.3 Å². The lowest BCUT2D eigenvalue weighted by molar-refractivity contribution is -0.385. The van der Waals surface area contributed by atoms with Gasteiger partial charge < -0.3 is 4.74 Å². The summed E-state index contributed by atoms with van der Waals surface area (Å²) in [7, 11) is 0. The van der Waals surface area contributed by atoms with E-state index in [0.29, 0.717) is 5.56 Å². The first kappa shape index (κ1) is 14.2. The first-order valence-electron chi connectivity index (χ1n) is 5.95. The Bertz CT molecular complexity index is 663. The number of thiophene rings is 1. The van der Waals surface area contributed by atoms with E-state index in [-0.39, 0.29) is 23.8 Å². The highest BCUT2D eigenvalue weighted by Crippen LogP contribution is 2.26. The van der Waals surface area contributed by atoms with Gasteiger partial charge in [0.1, 0.15) is 0 Å². The Morgan fingerprint density at radius 1 is 1.35 bits per heavy atom. The monoisotopic (exact) mass is 291 g/mol. The first-order valence-corrected chi connectivity index (χ1v) is 6.77. The molecule has 0 aliphatic carbocycles. The fourth-order valence-corrected chi connectivity index (χ4v) is 2.80. The number of carbonyl (C=O) groups is 1. The normalized spacial score (nSPS) is 10.3. The number of nitro benzene ring substituents is 1. The topological polar surface area (TPSA) is 69.4 Å². The maximum Gasteiger partial charge on any atom is 0.310 e. The second kappa shape index (κ2) is 5.83. The molecule has 6 heteroatoms. The highest BCUT2D eigenvalue weighted by molar-refractivity contribution is 7.12. The average Bonchev–Trinajstić information content (AvgIpc) is 2.75. The fraction of sp³-hybridized carbons (Fsp3) is 0.214. The first-order chi connectivity index (χ1) is 9.49. The Morgan fingerprint density at radius 2 is 2.05 bits per heavy atom. The average molecular weight is 291 g/mol. The molecule has 1 aromatic heterocycles. The lowest BCUT2D eigenvalue weighted by Crippen LogP contribution is -2.12. The van der Waals surface area contributed by atoms with Crippen molar-refractivity contribution in [1.29, 1.82) is 0 Å². The van der Waals surface area contributed by atoms with Crippen LogP contribution in [0.15, 0.2) is 30.3 Å². The maximum atomic E-state index is 12.0. The molecule has 0 saturated heterocycles. The zero-order chi connectivity index (χ0) is 14.7. The predicted octanol–water partition coefficient (Wildman–Crippen LogP) is 3.53. The van der Waals surface area contributed by atoms with Crippen LogP contribution in [0, 0.1) is 24.0 Å². The van der Waals surface area contributed by atoms with E-state index in [1.54, 1.807) is 23.5 Å². The van der Waals surface area contributed by atoms with Crippen molar-refractivity contribution in [2.75, 3.05) is 6.61 Å². The van der Waals surface area contributed by atoms with Gasteiger partial charge in [0.25, 0.3) is 0 Å². The van der Waals surface area contributed by atoms with Crippen LogP contribution in [0.2, 0.25) is 0 Å². The van der Waals surface area contributed by atoms with Gasteiger partial charge in [-0.25, -0.2) is 0 Å². The van der Waals surface area contributed by atoms with Crippen molar-refractivity contribution < 1.29 is 14.5 Å². The third-order valence-corrected chi connectivity index (χ3v) is 3.73. The number of ether oxygens (including phenoxy) is 1. The number of hydrogen-bond donors (Lipinski definition) is 0. The third-order valence-electron chi connectivity index (χ3n) is 2.76. The quantitative estimate of drug-likeness (QED) is 0.480. The zero-order valence-electron chi connectivity index (χ0n) is 11.1. The minimum absolute atomic E-state index is 0.107. The fourth-order valence-electron chi connectivity index (χ4n) is 1.86. The lowest BCUT2D eigenvalue weighted by Gasteiger charge is -2.05. The molecular weight excluding hydrogens is 278 g/mol. The molecule has 0 bridgehead atoms. The summed E-state index contributed by atoms with van der Waals surface area (Å²) >= 11 is 1.54. The Kier molecular flexibility index (Phi) is 4.14. The molecule has 0 fully saturated rings. The van der Waals surface area contributed by atoms with Crippen molar-refractivity contribution in [3.8, 4) is 5.75 Å². The number of ketones is 1. The Morgan fingerprint density at radius 3 is 2.65 bits per heavy atom. The van der Waals surface area contributed by atoms with Gasteiger partial charge in [-0.05, 0) is 26.0 Å². The Hall–Kier alpha value is -2.21. The third kappa shape index (κ3) is 3.03. The zero-order valence-corrected chi connectivity index (χ0v) is 11.9. The molecule has 0 amide bonds. The van der Waals surface area contributed by atoms with Gasteiger partial charge in [0.05, 0.1) is 4.92 Å². The van der Waals surface area contributed by atoms with E-state index in [0.717, 1.165) is 9.75 Å². The highest BCUT2D eigenvalue weighted by atomic mass is 32.1. The van der Waals surface area contributed by atoms with Crippen LogP contribution in [0.25, 0.3) is 0 Å². The van der Waals surface area contributed by atoms with E-state index < -0.39 is 4.92 Å². The van der Waals surface area contributed by atoms with Crippen molar-refractivity contribution in [3.63, 3.8) is 0 Å². The van der Waals surface area contributed by atoms with Crippen molar-refractivity contribution in [2.24, 2.45) is 0 Å². The molecule has 0 spiro atoms. The molecule has 1 heterocycles. The summed E-state index contributed by atoms with van der Waals surface area (Å²) in [5.41, 5.74) is 0.476. The van der Waals surface area contributed by atoms with Crippen LogP contribution in [-0.2, 0) is 0 Å². The van der Waals surface area contributed by atoms with Crippen LogP contribution >= 0.6 is 11.3 Å². The van der Waals surface area contributed by atoms with Gasteiger partial charge in [0.15, 0.2) is 12.4 Å². The number of nitro groups is 1. The summed E-state index contributed by atoms with van der Waals surface area (Å²) in [6.45, 7) is 3.59. The van der Waals surface area contributed by atoms with Crippen molar-refractivity contribution in [1.82, 2.24) is 0 Å². The maximum absolute atomic E-state index is 12.0. The molecule has 0 saturated carbocycles. The highest BCUT2D eigenvalue weighted by Gasteiger charge is 2.17. The minimum Gasteiger partial charge on any atom is -0.478 e. The van der Waals surface area contributed by atoms with Gasteiger partial charge in [0, 0.05) is 21.4 Å². The van der Waals surface area contributed by atoms with Crippen LogP contribution in [0.4, 0.5) is 5.69 Å². The molecule has 20 heavy (non-hydrogen) atoms. The molecule has 0 atom stereocenters. The van der Waals surface area contributed by atoms with Crippen LogP contribution in [0.3, 0.4) is 0 Å². The van der Waals surface area contributed by atoms with Gasteiger partial charge in [-0.3, -0.25) is 14.9 Å². The summed E-state index contributed by atoms with van der Waals surface area (Å²) in [5, 5.41) is 10.8. The number of aryl methyl sites for hydroxylation is 2. The van der Waals surface area contributed by atoms with Gasteiger partial charge in [0.2, 0.25) is 5.78 Å². The molecule has 5 nitrogen and oxygen atoms in total. The Balaban J connectivity index is 2.11. The van der Waals surface area contributed by atoms with Crippen molar-refractivity contribution in [3.05, 3.63) is 55.8 Å². The second-order valence-electron chi connectivity index (χ2n) is 4.26. The molecule has 2 aromatic rings. The standard InChI is InChI=1S/C14H13NO4S/c1-9-7-11(10(2)20-9)13(16)8-19-14-6-4-3-5-12(14)15(17)18/h3-7H,8H2,1-2H3. The molecule has 104 valence electrons.